The van der Waals surface area contributed by atoms with E-state index in [1.54, 1.807) is 0 Å². The molecule has 0 spiro atoms. The van der Waals surface area contributed by atoms with Gasteiger partial charge in [-0.3, -0.25) is 0 Å². The molecular weight excluding hydrogens is 396 g/mol. The standard InChI is InChI=1S/C27H28N4O/c1-18-6-5-9-22(26(28)19-7-3-2-4-8-19)25(18)20-10-11-23-21(16-20)17-24(27(29)30-23)31-12-14-32-15-13-31/h2-11,16-17,26H,12-15,28H2,1H3,(H2,29,30). The third-order valence-corrected chi connectivity index (χ3v) is 6.26. The minimum absolute atomic E-state index is 0.199. The van der Waals surface area contributed by atoms with Crippen molar-refractivity contribution < 1.29 is 4.74 Å². The van der Waals surface area contributed by atoms with Crippen molar-refractivity contribution in [3.8, 4) is 11.1 Å². The number of hydrogen-bond donors (Lipinski definition) is 2. The smallest absolute Gasteiger partial charge is 0.147 e. The van der Waals surface area contributed by atoms with Crippen LogP contribution in [-0.2, 0) is 4.74 Å². The Bertz CT molecular complexity index is 1250. The van der Waals surface area contributed by atoms with Gasteiger partial charge in [0.05, 0.1) is 30.5 Å². The quantitative estimate of drug-likeness (QED) is 0.497. The van der Waals surface area contributed by atoms with Crippen LogP contribution in [0.15, 0.2) is 72.8 Å². The van der Waals surface area contributed by atoms with E-state index in [1.807, 2.05) is 24.3 Å². The fourth-order valence-electron chi connectivity index (χ4n) is 4.58. The predicted molar refractivity (Wildman–Crippen MR) is 132 cm³/mol. The third-order valence-electron chi connectivity index (χ3n) is 6.26. The number of morpholine rings is 1. The zero-order valence-corrected chi connectivity index (χ0v) is 18.3. The van der Waals surface area contributed by atoms with Crippen LogP contribution < -0.4 is 16.4 Å². The Labute approximate surface area is 188 Å². The van der Waals surface area contributed by atoms with Crippen LogP contribution in [0.4, 0.5) is 11.5 Å². The van der Waals surface area contributed by atoms with Crippen LogP contribution in [0.5, 0.6) is 0 Å². The average Bonchev–Trinajstić information content (AvgIpc) is 2.84. The SMILES string of the molecule is Cc1cccc(C(N)c2ccccc2)c1-c1ccc2nc(N)c(N3CCOCC3)cc2c1. The average molecular weight is 425 g/mol. The Morgan fingerprint density at radius 1 is 0.938 bits per heavy atom. The van der Waals surface area contributed by atoms with Gasteiger partial charge in [0, 0.05) is 18.5 Å². The van der Waals surface area contributed by atoms with Crippen LogP contribution in [0.3, 0.4) is 0 Å². The first-order valence-corrected chi connectivity index (χ1v) is 11.1. The molecule has 1 fully saturated rings. The highest BCUT2D eigenvalue weighted by Crippen LogP contribution is 2.36. The van der Waals surface area contributed by atoms with E-state index >= 15 is 0 Å². The first kappa shape index (κ1) is 20.5. The summed E-state index contributed by atoms with van der Waals surface area (Å²) in [6, 6.07) is 24.9. The number of nitrogens with zero attached hydrogens (tertiary/aromatic N) is 2. The molecule has 0 aliphatic carbocycles. The molecule has 1 aliphatic heterocycles. The second-order valence-electron chi connectivity index (χ2n) is 8.33. The maximum atomic E-state index is 6.73. The number of nitrogen functional groups attached to an aromatic ring is 1. The summed E-state index contributed by atoms with van der Waals surface area (Å²) in [6.45, 7) is 5.21. The van der Waals surface area contributed by atoms with Crippen LogP contribution in [0.1, 0.15) is 22.7 Å². The molecule has 162 valence electrons. The summed E-state index contributed by atoms with van der Waals surface area (Å²) >= 11 is 0. The Balaban J connectivity index is 1.61. The van der Waals surface area contributed by atoms with Crippen molar-refractivity contribution in [1.82, 2.24) is 4.98 Å². The predicted octanol–water partition coefficient (Wildman–Crippen LogP) is 4.68. The summed E-state index contributed by atoms with van der Waals surface area (Å²) in [7, 11) is 0. The topological polar surface area (TPSA) is 77.4 Å². The number of aryl methyl sites for hydroxylation is 1. The number of nitrogens with two attached hydrogens (primary N) is 2. The highest BCUT2D eigenvalue weighted by atomic mass is 16.5. The van der Waals surface area contributed by atoms with Gasteiger partial charge >= 0.3 is 0 Å². The van der Waals surface area contributed by atoms with Gasteiger partial charge in [0.1, 0.15) is 5.82 Å². The summed E-state index contributed by atoms with van der Waals surface area (Å²) in [5.41, 5.74) is 20.6. The van der Waals surface area contributed by atoms with Gasteiger partial charge in [0.25, 0.3) is 0 Å². The van der Waals surface area contributed by atoms with Crippen LogP contribution in [0.25, 0.3) is 22.0 Å². The van der Waals surface area contributed by atoms with Crippen LogP contribution >= 0.6 is 0 Å². The molecular formula is C27H28N4O. The van der Waals surface area contributed by atoms with Crippen molar-refractivity contribution in [2.24, 2.45) is 5.73 Å². The Hall–Kier alpha value is -3.41. The summed E-state index contributed by atoms with van der Waals surface area (Å²) in [5, 5.41) is 1.07. The molecule has 0 amide bonds. The lowest BCUT2D eigenvalue weighted by atomic mass is 9.88. The molecule has 1 aliphatic rings. The van der Waals surface area contributed by atoms with Gasteiger partial charge in [-0.15, -0.1) is 0 Å². The van der Waals surface area contributed by atoms with E-state index in [4.69, 9.17) is 16.2 Å². The van der Waals surface area contributed by atoms with E-state index in [-0.39, 0.29) is 6.04 Å². The normalized spacial score (nSPS) is 15.1. The molecule has 0 bridgehead atoms. The fraction of sp³-hybridized carbons (Fsp3) is 0.222. The van der Waals surface area contributed by atoms with E-state index in [2.05, 4.69) is 65.3 Å². The summed E-state index contributed by atoms with van der Waals surface area (Å²) < 4.78 is 5.50. The van der Waals surface area contributed by atoms with Crippen molar-refractivity contribution >= 4 is 22.4 Å². The van der Waals surface area contributed by atoms with Crippen molar-refractivity contribution in [1.29, 1.82) is 0 Å². The number of fused-ring (bicyclic) bond motifs is 1. The van der Waals surface area contributed by atoms with Crippen LogP contribution in [0, 0.1) is 6.92 Å². The van der Waals surface area contributed by atoms with E-state index in [0.717, 1.165) is 46.4 Å². The highest BCUT2D eigenvalue weighted by Gasteiger charge is 2.18. The monoisotopic (exact) mass is 424 g/mol. The Morgan fingerprint density at radius 3 is 2.50 bits per heavy atom. The summed E-state index contributed by atoms with van der Waals surface area (Å²) in [4.78, 5) is 6.94. The first-order valence-electron chi connectivity index (χ1n) is 11.1. The molecule has 5 rings (SSSR count). The van der Waals surface area contributed by atoms with Gasteiger partial charge in [-0.05, 0) is 52.9 Å². The molecule has 0 saturated carbocycles. The molecule has 5 nitrogen and oxygen atoms in total. The minimum Gasteiger partial charge on any atom is -0.382 e. The number of anilines is 2. The van der Waals surface area contributed by atoms with Crippen molar-refractivity contribution in [3.05, 3.63) is 89.5 Å². The van der Waals surface area contributed by atoms with Gasteiger partial charge in [-0.25, -0.2) is 4.98 Å². The van der Waals surface area contributed by atoms with E-state index in [9.17, 15) is 0 Å². The number of ether oxygens (including phenoxy) is 1. The van der Waals surface area contributed by atoms with Gasteiger partial charge in [-0.2, -0.15) is 0 Å². The maximum absolute atomic E-state index is 6.73. The van der Waals surface area contributed by atoms with Crippen molar-refractivity contribution in [3.63, 3.8) is 0 Å². The lowest BCUT2D eigenvalue weighted by Crippen LogP contribution is -2.36. The van der Waals surface area contributed by atoms with Crippen LogP contribution in [-0.4, -0.2) is 31.3 Å². The van der Waals surface area contributed by atoms with E-state index in [0.29, 0.717) is 19.0 Å². The van der Waals surface area contributed by atoms with Gasteiger partial charge < -0.3 is 21.1 Å². The molecule has 5 heteroatoms. The molecule has 4 N–H and O–H groups in total. The zero-order valence-electron chi connectivity index (χ0n) is 18.3. The molecule has 1 unspecified atom stereocenters. The van der Waals surface area contributed by atoms with E-state index < -0.39 is 0 Å². The molecule has 3 aromatic carbocycles. The molecule has 1 aromatic heterocycles. The first-order chi connectivity index (χ1) is 15.6. The zero-order chi connectivity index (χ0) is 22.1. The summed E-state index contributed by atoms with van der Waals surface area (Å²) in [5.74, 6) is 0.565. The minimum atomic E-state index is -0.199. The lowest BCUT2D eigenvalue weighted by molar-refractivity contribution is 0.123. The molecule has 1 saturated heterocycles. The molecule has 2 heterocycles. The van der Waals surface area contributed by atoms with Crippen molar-refractivity contribution in [2.45, 2.75) is 13.0 Å². The number of hydrogen-bond acceptors (Lipinski definition) is 5. The second kappa shape index (κ2) is 8.61. The lowest BCUT2D eigenvalue weighted by Gasteiger charge is -2.29. The van der Waals surface area contributed by atoms with E-state index in [1.165, 1.54) is 11.1 Å². The summed E-state index contributed by atoms with van der Waals surface area (Å²) in [6.07, 6.45) is 0. The molecule has 1 atom stereocenters. The van der Waals surface area contributed by atoms with Gasteiger partial charge in [0.2, 0.25) is 0 Å². The highest BCUT2D eigenvalue weighted by molar-refractivity contribution is 5.91. The molecule has 0 radical (unpaired) electrons. The number of aromatic nitrogens is 1. The Kier molecular flexibility index (Phi) is 5.52. The van der Waals surface area contributed by atoms with Crippen LogP contribution in [0.2, 0.25) is 0 Å². The Morgan fingerprint density at radius 2 is 1.72 bits per heavy atom. The van der Waals surface area contributed by atoms with Gasteiger partial charge in [-0.1, -0.05) is 54.6 Å². The molecule has 4 aromatic rings. The fourth-order valence-corrected chi connectivity index (χ4v) is 4.58. The largest absolute Gasteiger partial charge is 0.382 e. The van der Waals surface area contributed by atoms with Crippen molar-refractivity contribution in [2.75, 3.05) is 36.9 Å². The van der Waals surface area contributed by atoms with Gasteiger partial charge in [0.15, 0.2) is 0 Å². The number of benzene rings is 3. The second-order valence-corrected chi connectivity index (χ2v) is 8.33. The maximum Gasteiger partial charge on any atom is 0.147 e. The number of pyridine rings is 1. The third kappa shape index (κ3) is 3.81. The number of rotatable bonds is 4. The molecule has 32 heavy (non-hydrogen) atoms.